The number of hydrogen-bond donors (Lipinski definition) is 3. The van der Waals surface area contributed by atoms with Crippen LogP contribution in [0.15, 0.2) is 24.3 Å². The molecule has 1 saturated heterocycles. The number of carbonyl (C=O) groups is 1. The predicted octanol–water partition coefficient (Wildman–Crippen LogP) is 0.180. The van der Waals surface area contributed by atoms with Crippen molar-refractivity contribution in [3.63, 3.8) is 0 Å². The van der Waals surface area contributed by atoms with E-state index >= 15 is 0 Å². The monoisotopic (exact) mass is 282 g/mol. The molecule has 1 aromatic rings. The molecule has 20 heavy (non-hydrogen) atoms. The number of hydrogen-bond acceptors (Lipinski definition) is 4. The number of aliphatic hydroxyl groups excluding tert-OH is 1. The van der Waals surface area contributed by atoms with E-state index in [0.717, 1.165) is 5.56 Å². The van der Waals surface area contributed by atoms with Crippen LogP contribution in [0.3, 0.4) is 0 Å². The standard InChI is InChI=1S/C14H19FN2O3/c1-9(18)16-7-13-14(19)12(8-20-13)17-6-10-2-4-11(15)5-3-10/h2-5,12-14,17,19H,6-8H2,1H3,(H,16,18). The van der Waals surface area contributed by atoms with Gasteiger partial charge in [-0.25, -0.2) is 4.39 Å². The zero-order chi connectivity index (χ0) is 14.5. The Morgan fingerprint density at radius 2 is 2.15 bits per heavy atom. The minimum absolute atomic E-state index is 0.150. The summed E-state index contributed by atoms with van der Waals surface area (Å²) in [5, 5.41) is 15.9. The van der Waals surface area contributed by atoms with E-state index in [4.69, 9.17) is 4.74 Å². The van der Waals surface area contributed by atoms with E-state index in [1.165, 1.54) is 19.1 Å². The molecule has 110 valence electrons. The lowest BCUT2D eigenvalue weighted by molar-refractivity contribution is -0.119. The molecule has 1 amide bonds. The van der Waals surface area contributed by atoms with Crippen molar-refractivity contribution >= 4 is 5.91 Å². The molecule has 1 aliphatic rings. The Hall–Kier alpha value is -1.50. The topological polar surface area (TPSA) is 70.6 Å². The van der Waals surface area contributed by atoms with Gasteiger partial charge in [-0.15, -0.1) is 0 Å². The van der Waals surface area contributed by atoms with Crippen LogP contribution < -0.4 is 10.6 Å². The van der Waals surface area contributed by atoms with Crippen molar-refractivity contribution in [1.29, 1.82) is 0 Å². The van der Waals surface area contributed by atoms with Crippen LogP contribution in [-0.4, -0.2) is 42.4 Å². The third-order valence-electron chi connectivity index (χ3n) is 3.32. The Kier molecular flexibility index (Phi) is 5.05. The zero-order valence-electron chi connectivity index (χ0n) is 11.3. The highest BCUT2D eigenvalue weighted by Crippen LogP contribution is 2.14. The van der Waals surface area contributed by atoms with Gasteiger partial charge in [-0.1, -0.05) is 12.1 Å². The molecule has 1 heterocycles. The minimum Gasteiger partial charge on any atom is -0.389 e. The van der Waals surface area contributed by atoms with Crippen molar-refractivity contribution in [3.8, 4) is 0 Å². The summed E-state index contributed by atoms with van der Waals surface area (Å²) in [5.41, 5.74) is 0.934. The van der Waals surface area contributed by atoms with Crippen molar-refractivity contribution in [2.75, 3.05) is 13.2 Å². The van der Waals surface area contributed by atoms with Crippen LogP contribution >= 0.6 is 0 Å². The average Bonchev–Trinajstić information content (AvgIpc) is 2.77. The summed E-state index contributed by atoms with van der Waals surface area (Å²) in [6, 6.07) is 5.99. The van der Waals surface area contributed by atoms with Gasteiger partial charge in [0.2, 0.25) is 5.91 Å². The first-order valence-corrected chi connectivity index (χ1v) is 6.58. The number of nitrogens with one attached hydrogen (secondary N) is 2. The summed E-state index contributed by atoms with van der Waals surface area (Å²) >= 11 is 0. The van der Waals surface area contributed by atoms with Crippen molar-refractivity contribution in [3.05, 3.63) is 35.6 Å². The smallest absolute Gasteiger partial charge is 0.216 e. The fraction of sp³-hybridized carbons (Fsp3) is 0.500. The fourth-order valence-corrected chi connectivity index (χ4v) is 2.14. The molecule has 3 N–H and O–H groups in total. The third-order valence-corrected chi connectivity index (χ3v) is 3.32. The van der Waals surface area contributed by atoms with Crippen LogP contribution in [0.4, 0.5) is 4.39 Å². The van der Waals surface area contributed by atoms with E-state index < -0.39 is 12.2 Å². The second-order valence-corrected chi connectivity index (χ2v) is 4.91. The van der Waals surface area contributed by atoms with E-state index in [2.05, 4.69) is 10.6 Å². The van der Waals surface area contributed by atoms with Gasteiger partial charge in [0.05, 0.1) is 18.8 Å². The lowest BCUT2D eigenvalue weighted by Gasteiger charge is -2.18. The molecule has 0 aromatic heterocycles. The molecule has 0 bridgehead atoms. The number of aliphatic hydroxyl groups is 1. The molecule has 1 aromatic carbocycles. The maximum atomic E-state index is 12.8. The summed E-state index contributed by atoms with van der Waals surface area (Å²) in [6.07, 6.45) is -1.08. The number of benzene rings is 1. The van der Waals surface area contributed by atoms with E-state index in [0.29, 0.717) is 19.7 Å². The molecule has 2 rings (SSSR count). The van der Waals surface area contributed by atoms with Crippen LogP contribution in [0.5, 0.6) is 0 Å². The van der Waals surface area contributed by atoms with E-state index in [-0.39, 0.29) is 17.8 Å². The van der Waals surface area contributed by atoms with Crippen molar-refractivity contribution in [2.45, 2.75) is 31.7 Å². The van der Waals surface area contributed by atoms with Gasteiger partial charge in [-0.2, -0.15) is 0 Å². The maximum Gasteiger partial charge on any atom is 0.216 e. The summed E-state index contributed by atoms with van der Waals surface area (Å²) in [5.74, 6) is -0.420. The van der Waals surface area contributed by atoms with Gasteiger partial charge in [0.1, 0.15) is 11.9 Å². The second kappa shape index (κ2) is 6.78. The molecule has 0 aliphatic carbocycles. The van der Waals surface area contributed by atoms with Crippen LogP contribution in [0.25, 0.3) is 0 Å². The molecule has 1 fully saturated rings. The Bertz CT molecular complexity index is 452. The summed E-state index contributed by atoms with van der Waals surface area (Å²) in [4.78, 5) is 10.8. The van der Waals surface area contributed by atoms with Crippen molar-refractivity contribution in [1.82, 2.24) is 10.6 Å². The molecule has 0 saturated carbocycles. The van der Waals surface area contributed by atoms with Gasteiger partial charge in [0.25, 0.3) is 0 Å². The predicted molar refractivity (Wildman–Crippen MR) is 71.5 cm³/mol. The van der Waals surface area contributed by atoms with Crippen molar-refractivity contribution < 1.29 is 19.0 Å². The highest BCUT2D eigenvalue weighted by atomic mass is 19.1. The molecule has 3 atom stereocenters. The molecular formula is C14H19FN2O3. The van der Waals surface area contributed by atoms with Gasteiger partial charge in [0.15, 0.2) is 0 Å². The highest BCUT2D eigenvalue weighted by molar-refractivity contribution is 5.72. The minimum atomic E-state index is -0.678. The largest absolute Gasteiger partial charge is 0.389 e. The number of rotatable bonds is 5. The van der Waals surface area contributed by atoms with E-state index in [1.54, 1.807) is 12.1 Å². The van der Waals surface area contributed by atoms with Crippen molar-refractivity contribution in [2.24, 2.45) is 0 Å². The molecule has 1 aliphatic heterocycles. The second-order valence-electron chi connectivity index (χ2n) is 4.91. The van der Waals surface area contributed by atoms with Crippen LogP contribution in [0.2, 0.25) is 0 Å². The van der Waals surface area contributed by atoms with Gasteiger partial charge in [0, 0.05) is 20.0 Å². The summed E-state index contributed by atoms with van der Waals surface area (Å²) < 4.78 is 18.2. The summed E-state index contributed by atoms with van der Waals surface area (Å²) in [6.45, 7) is 2.63. The fourth-order valence-electron chi connectivity index (χ4n) is 2.14. The van der Waals surface area contributed by atoms with Crippen LogP contribution in [-0.2, 0) is 16.1 Å². The first kappa shape index (κ1) is 14.9. The Balaban J connectivity index is 1.79. The number of halogens is 1. The zero-order valence-corrected chi connectivity index (χ0v) is 11.3. The molecule has 3 unspecified atom stereocenters. The van der Waals surface area contributed by atoms with Gasteiger partial charge >= 0.3 is 0 Å². The average molecular weight is 282 g/mol. The Morgan fingerprint density at radius 3 is 2.80 bits per heavy atom. The SMILES string of the molecule is CC(=O)NCC1OCC(NCc2ccc(F)cc2)C1O. The third kappa shape index (κ3) is 4.00. The molecular weight excluding hydrogens is 263 g/mol. The molecule has 0 radical (unpaired) electrons. The normalized spacial score (nSPS) is 25.6. The lowest BCUT2D eigenvalue weighted by atomic mass is 10.1. The lowest BCUT2D eigenvalue weighted by Crippen LogP contribution is -2.44. The van der Waals surface area contributed by atoms with Gasteiger partial charge < -0.3 is 20.5 Å². The van der Waals surface area contributed by atoms with E-state index in [9.17, 15) is 14.3 Å². The Labute approximate surface area is 117 Å². The molecule has 5 nitrogen and oxygen atoms in total. The highest BCUT2D eigenvalue weighted by Gasteiger charge is 2.35. The molecule has 0 spiro atoms. The number of amides is 1. The molecule has 6 heteroatoms. The van der Waals surface area contributed by atoms with Crippen LogP contribution in [0.1, 0.15) is 12.5 Å². The van der Waals surface area contributed by atoms with E-state index in [1.807, 2.05) is 0 Å². The maximum absolute atomic E-state index is 12.8. The first-order chi connectivity index (χ1) is 9.56. The number of ether oxygens (including phenoxy) is 1. The quantitative estimate of drug-likeness (QED) is 0.720. The number of carbonyl (C=O) groups excluding carboxylic acids is 1. The summed E-state index contributed by atoms with van der Waals surface area (Å²) in [7, 11) is 0. The van der Waals surface area contributed by atoms with Gasteiger partial charge in [-0.3, -0.25) is 4.79 Å². The first-order valence-electron chi connectivity index (χ1n) is 6.58. The van der Waals surface area contributed by atoms with Crippen LogP contribution in [0, 0.1) is 5.82 Å². The van der Waals surface area contributed by atoms with Gasteiger partial charge in [-0.05, 0) is 17.7 Å². The Morgan fingerprint density at radius 1 is 1.45 bits per heavy atom.